The second-order valence-corrected chi connectivity index (χ2v) is 6.83. The van der Waals surface area contributed by atoms with Gasteiger partial charge in [-0.1, -0.05) is 30.3 Å². The zero-order valence-corrected chi connectivity index (χ0v) is 15.7. The molecule has 0 aliphatic carbocycles. The molecule has 5 nitrogen and oxygen atoms in total. The Morgan fingerprint density at radius 3 is 2.48 bits per heavy atom. The summed E-state index contributed by atoms with van der Waals surface area (Å²) >= 11 is 0. The number of amides is 2. The van der Waals surface area contributed by atoms with E-state index in [1.807, 2.05) is 29.2 Å². The predicted molar refractivity (Wildman–Crippen MR) is 99.9 cm³/mol. The second kappa shape index (κ2) is 8.98. The average molecular weight is 406 g/mol. The minimum absolute atomic E-state index is 0.0178. The number of carbonyl (C=O) groups is 2. The molecule has 0 spiro atoms. The van der Waals surface area contributed by atoms with Gasteiger partial charge in [0.1, 0.15) is 5.75 Å². The predicted octanol–water partition coefficient (Wildman–Crippen LogP) is 3.52. The number of hydrogen-bond donors (Lipinski definition) is 1. The normalized spacial score (nSPS) is 14.2. The first-order valence-corrected chi connectivity index (χ1v) is 9.23. The maximum atomic E-state index is 12.7. The van der Waals surface area contributed by atoms with Gasteiger partial charge in [0.05, 0.1) is 5.56 Å². The third kappa shape index (κ3) is 5.97. The molecular formula is C21H21F3N2O3. The third-order valence-corrected chi connectivity index (χ3v) is 4.59. The van der Waals surface area contributed by atoms with Crippen molar-refractivity contribution in [1.82, 2.24) is 10.2 Å². The maximum Gasteiger partial charge on any atom is 0.416 e. The maximum absolute atomic E-state index is 12.7. The molecule has 1 aliphatic rings. The van der Waals surface area contributed by atoms with Crippen LogP contribution in [-0.2, 0) is 28.9 Å². The van der Waals surface area contributed by atoms with Crippen LogP contribution < -0.4 is 10.1 Å². The van der Waals surface area contributed by atoms with Crippen LogP contribution in [0, 0.1) is 0 Å². The molecule has 154 valence electrons. The van der Waals surface area contributed by atoms with Crippen molar-refractivity contribution in [2.24, 2.45) is 0 Å². The van der Waals surface area contributed by atoms with E-state index in [0.717, 1.165) is 36.2 Å². The SMILES string of the molecule is O=C(COc1cccc(C(F)(F)F)c1)NCc1ccc(CN2CCCC2=O)cc1. The van der Waals surface area contributed by atoms with E-state index in [-0.39, 0.29) is 24.8 Å². The van der Waals surface area contributed by atoms with Gasteiger partial charge >= 0.3 is 6.18 Å². The summed E-state index contributed by atoms with van der Waals surface area (Å²) in [4.78, 5) is 25.4. The molecule has 0 unspecified atom stereocenters. The van der Waals surface area contributed by atoms with Crippen molar-refractivity contribution in [3.63, 3.8) is 0 Å². The highest BCUT2D eigenvalue weighted by molar-refractivity contribution is 5.78. The fraction of sp³-hybridized carbons (Fsp3) is 0.333. The van der Waals surface area contributed by atoms with Gasteiger partial charge < -0.3 is 15.0 Å². The molecule has 0 atom stereocenters. The molecule has 2 amide bonds. The Bertz CT molecular complexity index is 866. The minimum Gasteiger partial charge on any atom is -0.484 e. The summed E-state index contributed by atoms with van der Waals surface area (Å²) in [6.45, 7) is 1.25. The molecule has 8 heteroatoms. The highest BCUT2D eigenvalue weighted by Gasteiger charge is 2.30. The Hall–Kier alpha value is -3.03. The zero-order chi connectivity index (χ0) is 20.9. The lowest BCUT2D eigenvalue weighted by molar-refractivity contribution is -0.137. The van der Waals surface area contributed by atoms with Crippen LogP contribution >= 0.6 is 0 Å². The summed E-state index contributed by atoms with van der Waals surface area (Å²) in [6, 6.07) is 11.9. The molecule has 1 heterocycles. The van der Waals surface area contributed by atoms with E-state index in [0.29, 0.717) is 13.0 Å². The monoisotopic (exact) mass is 406 g/mol. The van der Waals surface area contributed by atoms with E-state index < -0.39 is 17.6 Å². The van der Waals surface area contributed by atoms with Crippen molar-refractivity contribution in [1.29, 1.82) is 0 Å². The van der Waals surface area contributed by atoms with Gasteiger partial charge in [0, 0.05) is 26.1 Å². The summed E-state index contributed by atoms with van der Waals surface area (Å²) in [5.74, 6) is -0.285. The molecule has 1 N–H and O–H groups in total. The molecule has 29 heavy (non-hydrogen) atoms. The molecule has 2 aromatic carbocycles. The van der Waals surface area contributed by atoms with Gasteiger partial charge in [-0.2, -0.15) is 13.2 Å². The zero-order valence-electron chi connectivity index (χ0n) is 15.7. The summed E-state index contributed by atoms with van der Waals surface area (Å²) in [7, 11) is 0. The van der Waals surface area contributed by atoms with Gasteiger partial charge in [0.15, 0.2) is 6.61 Å². The van der Waals surface area contributed by atoms with Gasteiger partial charge in [-0.15, -0.1) is 0 Å². The van der Waals surface area contributed by atoms with Crippen molar-refractivity contribution in [3.8, 4) is 5.75 Å². The molecular weight excluding hydrogens is 385 g/mol. The number of nitrogens with one attached hydrogen (secondary N) is 1. The fourth-order valence-electron chi connectivity index (χ4n) is 3.02. The lowest BCUT2D eigenvalue weighted by atomic mass is 10.1. The van der Waals surface area contributed by atoms with Crippen molar-refractivity contribution in [3.05, 3.63) is 65.2 Å². The van der Waals surface area contributed by atoms with Crippen LogP contribution in [0.4, 0.5) is 13.2 Å². The van der Waals surface area contributed by atoms with Crippen molar-refractivity contribution < 1.29 is 27.5 Å². The van der Waals surface area contributed by atoms with E-state index in [2.05, 4.69) is 5.32 Å². The molecule has 0 radical (unpaired) electrons. The van der Waals surface area contributed by atoms with Gasteiger partial charge in [-0.3, -0.25) is 9.59 Å². The van der Waals surface area contributed by atoms with E-state index >= 15 is 0 Å². The number of alkyl halides is 3. The van der Waals surface area contributed by atoms with Crippen LogP contribution in [0.5, 0.6) is 5.75 Å². The van der Waals surface area contributed by atoms with E-state index in [1.165, 1.54) is 12.1 Å². The number of nitrogens with zero attached hydrogens (tertiary/aromatic N) is 1. The molecule has 0 aromatic heterocycles. The molecule has 1 aliphatic heterocycles. The Balaban J connectivity index is 1.44. The number of ether oxygens (including phenoxy) is 1. The van der Waals surface area contributed by atoms with E-state index in [9.17, 15) is 22.8 Å². The lowest BCUT2D eigenvalue weighted by Gasteiger charge is -2.15. The number of halogens is 3. The highest BCUT2D eigenvalue weighted by atomic mass is 19.4. The Morgan fingerprint density at radius 2 is 1.83 bits per heavy atom. The number of benzene rings is 2. The van der Waals surface area contributed by atoms with Crippen LogP contribution in [0.2, 0.25) is 0 Å². The fourth-order valence-corrected chi connectivity index (χ4v) is 3.02. The summed E-state index contributed by atoms with van der Waals surface area (Å²) in [5.41, 5.74) is 1.06. The smallest absolute Gasteiger partial charge is 0.416 e. The number of hydrogen-bond acceptors (Lipinski definition) is 3. The first kappa shape index (κ1) is 20.7. The van der Waals surface area contributed by atoms with Gasteiger partial charge in [0.25, 0.3) is 5.91 Å². The van der Waals surface area contributed by atoms with Crippen LogP contribution in [-0.4, -0.2) is 29.9 Å². The van der Waals surface area contributed by atoms with Crippen molar-refractivity contribution in [2.45, 2.75) is 32.1 Å². The van der Waals surface area contributed by atoms with Crippen LogP contribution in [0.3, 0.4) is 0 Å². The summed E-state index contributed by atoms with van der Waals surface area (Å²) in [6.07, 6.45) is -2.96. The van der Waals surface area contributed by atoms with E-state index in [4.69, 9.17) is 4.74 Å². The number of rotatable bonds is 7. The second-order valence-electron chi connectivity index (χ2n) is 6.83. The Labute approximate surface area is 166 Å². The standard InChI is InChI=1S/C21H21F3N2O3/c22-21(23,24)17-3-1-4-18(11-17)29-14-19(27)25-12-15-6-8-16(9-7-15)13-26-10-2-5-20(26)28/h1,3-4,6-9,11H,2,5,10,12-14H2,(H,25,27). The molecule has 2 aromatic rings. The van der Waals surface area contributed by atoms with E-state index in [1.54, 1.807) is 0 Å². The van der Waals surface area contributed by atoms with Crippen LogP contribution in [0.15, 0.2) is 48.5 Å². The van der Waals surface area contributed by atoms with Crippen LogP contribution in [0.1, 0.15) is 29.5 Å². The first-order valence-electron chi connectivity index (χ1n) is 9.23. The third-order valence-electron chi connectivity index (χ3n) is 4.59. The molecule has 0 saturated carbocycles. The molecule has 1 saturated heterocycles. The topological polar surface area (TPSA) is 58.6 Å². The van der Waals surface area contributed by atoms with Gasteiger partial charge in [-0.25, -0.2) is 0 Å². The molecule has 1 fully saturated rings. The highest BCUT2D eigenvalue weighted by Crippen LogP contribution is 2.31. The van der Waals surface area contributed by atoms with Gasteiger partial charge in [0.2, 0.25) is 5.91 Å². The number of likely N-dealkylation sites (tertiary alicyclic amines) is 1. The van der Waals surface area contributed by atoms with Crippen molar-refractivity contribution in [2.75, 3.05) is 13.2 Å². The van der Waals surface area contributed by atoms with Crippen molar-refractivity contribution >= 4 is 11.8 Å². The number of carbonyl (C=O) groups excluding carboxylic acids is 2. The first-order chi connectivity index (χ1) is 13.8. The lowest BCUT2D eigenvalue weighted by Crippen LogP contribution is -2.28. The largest absolute Gasteiger partial charge is 0.484 e. The average Bonchev–Trinajstić information content (AvgIpc) is 3.10. The minimum atomic E-state index is -4.46. The quantitative estimate of drug-likeness (QED) is 0.766. The summed E-state index contributed by atoms with van der Waals surface area (Å²) in [5, 5.41) is 2.66. The molecule has 0 bridgehead atoms. The van der Waals surface area contributed by atoms with Crippen LogP contribution in [0.25, 0.3) is 0 Å². The molecule has 3 rings (SSSR count). The Morgan fingerprint density at radius 1 is 1.10 bits per heavy atom. The summed E-state index contributed by atoms with van der Waals surface area (Å²) < 4.78 is 43.2. The Kier molecular flexibility index (Phi) is 6.41. The van der Waals surface area contributed by atoms with Gasteiger partial charge in [-0.05, 0) is 35.7 Å².